The third-order valence-electron chi connectivity index (χ3n) is 7.05. The topological polar surface area (TPSA) is 90.3 Å². The summed E-state index contributed by atoms with van der Waals surface area (Å²) in [5.74, 6) is 2.13. The molecule has 0 bridgehead atoms. The molecule has 1 atom stereocenters. The minimum atomic E-state index is -0.567. The third kappa shape index (κ3) is 5.92. The zero-order chi connectivity index (χ0) is 29.1. The van der Waals surface area contributed by atoms with E-state index in [0.29, 0.717) is 51.3 Å². The van der Waals surface area contributed by atoms with E-state index in [1.54, 1.807) is 11.8 Å². The van der Waals surface area contributed by atoms with E-state index in [0.717, 1.165) is 27.9 Å². The van der Waals surface area contributed by atoms with Gasteiger partial charge in [0.05, 0.1) is 19.3 Å². The molecule has 1 aliphatic heterocycles. The lowest BCUT2D eigenvalue weighted by Gasteiger charge is -2.29. The average Bonchev–Trinajstić information content (AvgIpc) is 3.37. The van der Waals surface area contributed by atoms with Crippen molar-refractivity contribution >= 4 is 40.9 Å². The molecule has 8 nitrogen and oxygen atoms in total. The Hall–Kier alpha value is -3.95. The number of amides is 1. The van der Waals surface area contributed by atoms with Crippen molar-refractivity contribution in [3.05, 3.63) is 99.2 Å². The number of allylic oxidation sites excluding steroid dienone is 1. The first-order valence-corrected chi connectivity index (χ1v) is 14.7. The molecule has 0 fully saturated rings. The average molecular weight is 590 g/mol. The standard InChI is InChI=1S/C31H32ClN5O3S/c1-6-40-25-15-14-21(16-26(25)39-5)28-27(29(38)34-24-13-9-10-18(2)19(24)3)20(4)33-30-35-31(36-37(28)30)41-17-22-11-7-8-12-23(22)32/h7-16,28H,6,17H2,1-5H3,(H,34,38)(H,33,35,36). The molecule has 1 aromatic heterocycles. The zero-order valence-corrected chi connectivity index (χ0v) is 25.2. The van der Waals surface area contributed by atoms with E-state index in [4.69, 9.17) is 31.2 Å². The molecule has 3 aromatic carbocycles. The molecule has 212 valence electrons. The predicted molar refractivity (Wildman–Crippen MR) is 164 cm³/mol. The zero-order valence-electron chi connectivity index (χ0n) is 23.6. The van der Waals surface area contributed by atoms with Crippen LogP contribution in [0.15, 0.2) is 77.1 Å². The van der Waals surface area contributed by atoms with Crippen LogP contribution in [0.1, 0.15) is 42.1 Å². The number of nitrogens with one attached hydrogen (secondary N) is 2. The monoisotopic (exact) mass is 589 g/mol. The fourth-order valence-electron chi connectivity index (χ4n) is 4.76. The number of anilines is 2. The van der Waals surface area contributed by atoms with E-state index in [9.17, 15) is 4.79 Å². The van der Waals surface area contributed by atoms with Gasteiger partial charge in [0.15, 0.2) is 11.5 Å². The lowest BCUT2D eigenvalue weighted by atomic mass is 9.94. The molecule has 1 amide bonds. The Bertz CT molecular complexity index is 1630. The number of carbonyl (C=O) groups excluding carboxylic acids is 1. The van der Waals surface area contributed by atoms with Crippen LogP contribution in [0.5, 0.6) is 11.5 Å². The molecule has 2 N–H and O–H groups in total. The molecule has 10 heteroatoms. The Morgan fingerprint density at radius 2 is 1.90 bits per heavy atom. The molecule has 1 aliphatic rings. The van der Waals surface area contributed by atoms with Crippen molar-refractivity contribution in [2.75, 3.05) is 24.4 Å². The van der Waals surface area contributed by atoms with Crippen molar-refractivity contribution in [2.24, 2.45) is 0 Å². The molecule has 41 heavy (non-hydrogen) atoms. The normalized spacial score (nSPS) is 14.3. The smallest absolute Gasteiger partial charge is 0.255 e. The van der Waals surface area contributed by atoms with Gasteiger partial charge < -0.3 is 20.1 Å². The maximum atomic E-state index is 14.0. The number of nitrogens with zero attached hydrogens (tertiary/aromatic N) is 3. The summed E-state index contributed by atoms with van der Waals surface area (Å²) in [4.78, 5) is 18.7. The number of rotatable bonds is 9. The number of hydrogen-bond donors (Lipinski definition) is 2. The Labute approximate surface area is 249 Å². The van der Waals surface area contributed by atoms with Gasteiger partial charge >= 0.3 is 0 Å². The number of aromatic nitrogens is 3. The van der Waals surface area contributed by atoms with E-state index in [-0.39, 0.29) is 5.91 Å². The van der Waals surface area contributed by atoms with Crippen molar-refractivity contribution in [1.29, 1.82) is 0 Å². The second-order valence-corrected chi connectivity index (χ2v) is 11.0. The summed E-state index contributed by atoms with van der Waals surface area (Å²) < 4.78 is 13.2. The van der Waals surface area contributed by atoms with Gasteiger partial charge in [-0.25, -0.2) is 4.68 Å². The molecule has 0 saturated heterocycles. The number of carbonyl (C=O) groups is 1. The van der Waals surface area contributed by atoms with Crippen molar-refractivity contribution in [1.82, 2.24) is 14.8 Å². The summed E-state index contributed by atoms with van der Waals surface area (Å²) in [6.45, 7) is 8.33. The highest BCUT2D eigenvalue weighted by Crippen LogP contribution is 2.40. The van der Waals surface area contributed by atoms with Gasteiger partial charge in [-0.1, -0.05) is 59.8 Å². The molecule has 0 saturated carbocycles. The minimum absolute atomic E-state index is 0.229. The molecule has 0 spiro atoms. The molecular formula is C31H32ClN5O3S. The fraction of sp³-hybridized carbons (Fsp3) is 0.258. The van der Waals surface area contributed by atoms with Crippen LogP contribution in [-0.4, -0.2) is 34.4 Å². The lowest BCUT2D eigenvalue weighted by Crippen LogP contribution is -2.31. The Morgan fingerprint density at radius 3 is 2.66 bits per heavy atom. The summed E-state index contributed by atoms with van der Waals surface area (Å²) in [6, 6.07) is 18.7. The van der Waals surface area contributed by atoms with Gasteiger partial charge in [0.2, 0.25) is 11.1 Å². The molecule has 0 aliphatic carbocycles. The molecule has 0 radical (unpaired) electrons. The highest BCUT2D eigenvalue weighted by molar-refractivity contribution is 7.98. The van der Waals surface area contributed by atoms with Crippen LogP contribution in [0, 0.1) is 13.8 Å². The van der Waals surface area contributed by atoms with E-state index < -0.39 is 6.04 Å². The van der Waals surface area contributed by atoms with Gasteiger partial charge in [0, 0.05) is 22.2 Å². The summed E-state index contributed by atoms with van der Waals surface area (Å²) in [7, 11) is 1.60. The van der Waals surface area contributed by atoms with Gasteiger partial charge in [-0.05, 0) is 74.2 Å². The van der Waals surface area contributed by atoms with Crippen molar-refractivity contribution in [2.45, 2.75) is 44.6 Å². The molecule has 2 heterocycles. The molecular weight excluding hydrogens is 558 g/mol. The minimum Gasteiger partial charge on any atom is -0.493 e. The van der Waals surface area contributed by atoms with E-state index in [1.807, 2.05) is 88.4 Å². The number of ether oxygens (including phenoxy) is 2. The number of methoxy groups -OCH3 is 1. The van der Waals surface area contributed by atoms with Gasteiger partial charge in [-0.3, -0.25) is 4.79 Å². The van der Waals surface area contributed by atoms with Crippen LogP contribution in [0.4, 0.5) is 11.6 Å². The van der Waals surface area contributed by atoms with Crippen LogP contribution >= 0.6 is 23.4 Å². The molecule has 4 aromatic rings. The van der Waals surface area contributed by atoms with E-state index >= 15 is 0 Å². The number of halogens is 1. The second-order valence-electron chi connectivity index (χ2n) is 9.65. The van der Waals surface area contributed by atoms with Gasteiger partial charge in [-0.15, -0.1) is 5.10 Å². The van der Waals surface area contributed by atoms with Gasteiger partial charge in [0.25, 0.3) is 5.91 Å². The second kappa shape index (κ2) is 12.3. The first kappa shape index (κ1) is 28.6. The number of benzene rings is 3. The van der Waals surface area contributed by atoms with Gasteiger partial charge in [-0.2, -0.15) is 4.98 Å². The predicted octanol–water partition coefficient (Wildman–Crippen LogP) is 7.18. The Balaban J connectivity index is 1.55. The lowest BCUT2D eigenvalue weighted by molar-refractivity contribution is -0.113. The summed E-state index contributed by atoms with van der Waals surface area (Å²) in [6.07, 6.45) is 0. The number of fused-ring (bicyclic) bond motifs is 1. The van der Waals surface area contributed by atoms with E-state index in [2.05, 4.69) is 10.6 Å². The van der Waals surface area contributed by atoms with Crippen LogP contribution in [-0.2, 0) is 10.5 Å². The number of aryl methyl sites for hydroxylation is 1. The Morgan fingerprint density at radius 1 is 1.10 bits per heavy atom. The number of thioether (sulfide) groups is 1. The van der Waals surface area contributed by atoms with Crippen molar-refractivity contribution < 1.29 is 14.3 Å². The van der Waals surface area contributed by atoms with Crippen LogP contribution in [0.3, 0.4) is 0 Å². The summed E-state index contributed by atoms with van der Waals surface area (Å²) >= 11 is 7.85. The highest BCUT2D eigenvalue weighted by atomic mass is 35.5. The van der Waals surface area contributed by atoms with Crippen molar-refractivity contribution in [3.8, 4) is 11.5 Å². The highest BCUT2D eigenvalue weighted by Gasteiger charge is 2.35. The molecule has 5 rings (SSSR count). The third-order valence-corrected chi connectivity index (χ3v) is 8.30. The van der Waals surface area contributed by atoms with E-state index in [1.165, 1.54) is 11.8 Å². The maximum absolute atomic E-state index is 14.0. The SMILES string of the molecule is CCOc1ccc(C2C(C(=O)Nc3cccc(C)c3C)=C(C)Nc3nc(SCc4ccccc4Cl)nn32)cc1OC. The number of hydrogen-bond acceptors (Lipinski definition) is 7. The quantitative estimate of drug-likeness (QED) is 0.200. The first-order chi connectivity index (χ1) is 19.8. The van der Waals surface area contributed by atoms with Crippen LogP contribution < -0.4 is 20.1 Å². The van der Waals surface area contributed by atoms with Crippen LogP contribution in [0.2, 0.25) is 5.02 Å². The first-order valence-electron chi connectivity index (χ1n) is 13.3. The van der Waals surface area contributed by atoms with Crippen LogP contribution in [0.25, 0.3) is 0 Å². The fourth-order valence-corrected chi connectivity index (χ4v) is 5.87. The summed E-state index contributed by atoms with van der Waals surface area (Å²) in [5, 5.41) is 12.6. The van der Waals surface area contributed by atoms with Gasteiger partial charge in [0.1, 0.15) is 6.04 Å². The van der Waals surface area contributed by atoms with Crippen molar-refractivity contribution in [3.63, 3.8) is 0 Å². The molecule has 1 unspecified atom stereocenters. The largest absolute Gasteiger partial charge is 0.493 e. The maximum Gasteiger partial charge on any atom is 0.255 e. The Kier molecular flexibility index (Phi) is 8.56. The summed E-state index contributed by atoms with van der Waals surface area (Å²) in [5.41, 5.74) is 5.90.